The molecule has 0 saturated heterocycles. The van der Waals surface area contributed by atoms with Gasteiger partial charge in [0.1, 0.15) is 11.5 Å². The van der Waals surface area contributed by atoms with Gasteiger partial charge in [0.25, 0.3) is 0 Å². The first-order chi connectivity index (χ1) is 29.2. The summed E-state index contributed by atoms with van der Waals surface area (Å²) >= 11 is 0. The molecule has 0 aliphatic carbocycles. The van der Waals surface area contributed by atoms with E-state index in [2.05, 4.69) is 173 Å². The predicted octanol–water partition coefficient (Wildman–Crippen LogP) is 14.1. The second-order valence-electron chi connectivity index (χ2n) is 15.4. The van der Waals surface area contributed by atoms with Crippen molar-refractivity contribution >= 4 is 65.3 Å². The molecule has 59 heavy (non-hydrogen) atoms. The third kappa shape index (κ3) is 4.73. The Hall–Kier alpha value is -8.02. The Morgan fingerprint density at radius 2 is 1.05 bits per heavy atom. The molecule has 0 atom stereocenters. The smallest absolute Gasteiger partial charge is 0.235 e. The zero-order chi connectivity index (χ0) is 38.6. The number of rotatable bonds is 4. The van der Waals surface area contributed by atoms with Crippen LogP contribution in [0.4, 0.5) is 0 Å². The molecule has 0 radical (unpaired) electrons. The van der Waals surface area contributed by atoms with Crippen LogP contribution < -0.4 is 4.74 Å². The zero-order valence-corrected chi connectivity index (χ0v) is 31.7. The van der Waals surface area contributed by atoms with Gasteiger partial charge in [0, 0.05) is 32.8 Å². The van der Waals surface area contributed by atoms with Crippen molar-refractivity contribution in [1.82, 2.24) is 19.1 Å². The van der Waals surface area contributed by atoms with E-state index < -0.39 is 0 Å². The van der Waals surface area contributed by atoms with Crippen LogP contribution in [0.2, 0.25) is 0 Å². The Morgan fingerprint density at radius 1 is 0.373 bits per heavy atom. The summed E-state index contributed by atoms with van der Waals surface area (Å²) in [4.78, 5) is 10.6. The van der Waals surface area contributed by atoms with Crippen LogP contribution in [0.1, 0.15) is 0 Å². The van der Waals surface area contributed by atoms with Crippen molar-refractivity contribution in [3.63, 3.8) is 0 Å². The lowest BCUT2D eigenvalue weighted by molar-refractivity contribution is 0.486. The molecule has 0 unspecified atom stereocenters. The average Bonchev–Trinajstić information content (AvgIpc) is 3.82. The van der Waals surface area contributed by atoms with Crippen LogP contribution in [-0.4, -0.2) is 19.1 Å². The van der Waals surface area contributed by atoms with Crippen molar-refractivity contribution in [2.45, 2.75) is 0 Å². The summed E-state index contributed by atoms with van der Waals surface area (Å²) in [5.74, 6) is 2.21. The van der Waals surface area contributed by atoms with E-state index in [9.17, 15) is 0 Å². The van der Waals surface area contributed by atoms with Gasteiger partial charge in [-0.25, -0.2) is 9.97 Å². The van der Waals surface area contributed by atoms with E-state index in [4.69, 9.17) is 14.7 Å². The van der Waals surface area contributed by atoms with Gasteiger partial charge in [0.2, 0.25) is 5.95 Å². The summed E-state index contributed by atoms with van der Waals surface area (Å²) in [6.45, 7) is 0. The maximum absolute atomic E-state index is 6.33. The Balaban J connectivity index is 1.03. The number of hydrogen-bond donors (Lipinski definition) is 0. The van der Waals surface area contributed by atoms with Gasteiger partial charge in [-0.15, -0.1) is 0 Å². The Labute approximate surface area is 338 Å². The van der Waals surface area contributed by atoms with E-state index in [1.807, 2.05) is 30.3 Å². The summed E-state index contributed by atoms with van der Waals surface area (Å²) in [5, 5.41) is 8.19. The van der Waals surface area contributed by atoms with E-state index >= 15 is 0 Å². The molecule has 274 valence electrons. The summed E-state index contributed by atoms with van der Waals surface area (Å²) in [6, 6.07) is 69.2. The third-order valence-electron chi connectivity index (χ3n) is 12.1. The molecule has 0 saturated carbocycles. The second-order valence-corrected chi connectivity index (χ2v) is 15.4. The van der Waals surface area contributed by atoms with E-state index in [1.54, 1.807) is 0 Å². The minimum atomic E-state index is 0.632. The van der Waals surface area contributed by atoms with Crippen LogP contribution in [0.15, 0.2) is 194 Å². The van der Waals surface area contributed by atoms with Gasteiger partial charge in [-0.1, -0.05) is 127 Å². The molecule has 12 aromatic rings. The third-order valence-corrected chi connectivity index (χ3v) is 12.1. The standard InChI is InChI=1S/C54H32N4O/c1-2-11-33(12-3-1)34-21-26-38(27-22-34)57-46-29-25-36(31-43(46)51-39-14-5-4-13-35(39)24-30-47(51)57)37-23-28-41-40-15-6-8-18-45(40)58(48(41)32-37)54-55-44-17-10-20-50-52(44)53(56-54)42-16-7-9-19-49(42)59-50/h1-32H. The molecule has 5 heteroatoms. The molecule has 1 aliphatic rings. The quantitative estimate of drug-likeness (QED) is 0.180. The number of hydrogen-bond acceptors (Lipinski definition) is 3. The number of para-hydroxylation sites is 2. The molecule has 0 spiro atoms. The minimum Gasteiger partial charge on any atom is -0.456 e. The van der Waals surface area contributed by atoms with Gasteiger partial charge in [-0.3, -0.25) is 4.57 Å². The molecule has 0 bridgehead atoms. The number of nitrogens with zero attached hydrogens (tertiary/aromatic N) is 4. The topological polar surface area (TPSA) is 44.9 Å². The van der Waals surface area contributed by atoms with Crippen LogP contribution in [0.5, 0.6) is 11.5 Å². The lowest BCUT2D eigenvalue weighted by Crippen LogP contribution is -2.06. The minimum absolute atomic E-state index is 0.632. The van der Waals surface area contributed by atoms with Crippen molar-refractivity contribution in [3.8, 4) is 56.6 Å². The SMILES string of the molecule is c1ccc(-c2ccc(-n3c4ccc(-c5ccc6c7ccccc7n(-c7nc8c9c(cccc9n7)Oc7ccccc7-8)c6c5)cc4c4c5ccccc5ccc43)cc2)cc1. The summed E-state index contributed by atoms with van der Waals surface area (Å²) in [7, 11) is 0. The molecule has 4 heterocycles. The molecule has 13 rings (SSSR count). The van der Waals surface area contributed by atoms with Crippen LogP contribution in [-0.2, 0) is 0 Å². The van der Waals surface area contributed by atoms with Crippen molar-refractivity contribution in [2.24, 2.45) is 0 Å². The molecule has 0 fully saturated rings. The summed E-state index contributed by atoms with van der Waals surface area (Å²) < 4.78 is 11.0. The van der Waals surface area contributed by atoms with Gasteiger partial charge in [0.15, 0.2) is 0 Å². The van der Waals surface area contributed by atoms with Crippen LogP contribution >= 0.6 is 0 Å². The van der Waals surface area contributed by atoms with Gasteiger partial charge in [0.05, 0.1) is 38.7 Å². The molecule has 5 nitrogen and oxygen atoms in total. The van der Waals surface area contributed by atoms with E-state index in [1.165, 1.54) is 43.7 Å². The van der Waals surface area contributed by atoms with E-state index in [0.717, 1.165) is 72.3 Å². The number of fused-ring (bicyclic) bond motifs is 10. The molecule has 9 aromatic carbocycles. The van der Waals surface area contributed by atoms with Crippen LogP contribution in [0.3, 0.4) is 0 Å². The lowest BCUT2D eigenvalue weighted by atomic mass is 9.99. The first-order valence-electron chi connectivity index (χ1n) is 20.0. The summed E-state index contributed by atoms with van der Waals surface area (Å²) in [5.41, 5.74) is 13.0. The maximum atomic E-state index is 6.33. The zero-order valence-electron chi connectivity index (χ0n) is 31.7. The molecular formula is C54H32N4O. The lowest BCUT2D eigenvalue weighted by Gasteiger charge is -2.21. The Bertz CT molecular complexity index is 3690. The van der Waals surface area contributed by atoms with Crippen molar-refractivity contribution in [1.29, 1.82) is 0 Å². The normalized spacial score (nSPS) is 12.2. The first-order valence-corrected chi connectivity index (χ1v) is 20.0. The highest BCUT2D eigenvalue weighted by Gasteiger charge is 2.25. The first kappa shape index (κ1) is 32.1. The van der Waals surface area contributed by atoms with Crippen LogP contribution in [0, 0.1) is 0 Å². The highest BCUT2D eigenvalue weighted by Crippen LogP contribution is 2.46. The molecule has 1 aliphatic heterocycles. The monoisotopic (exact) mass is 752 g/mol. The number of ether oxygens (including phenoxy) is 1. The fourth-order valence-electron chi connectivity index (χ4n) is 9.44. The molecular weight excluding hydrogens is 721 g/mol. The fraction of sp³-hybridized carbons (Fsp3) is 0. The highest BCUT2D eigenvalue weighted by molar-refractivity contribution is 6.22. The Kier molecular flexibility index (Phi) is 6.66. The summed E-state index contributed by atoms with van der Waals surface area (Å²) in [6.07, 6.45) is 0. The van der Waals surface area contributed by atoms with Gasteiger partial charge >= 0.3 is 0 Å². The molecule has 0 N–H and O–H groups in total. The fourth-order valence-corrected chi connectivity index (χ4v) is 9.44. The molecule has 0 amide bonds. The van der Waals surface area contributed by atoms with E-state index in [0.29, 0.717) is 5.95 Å². The Morgan fingerprint density at radius 3 is 1.97 bits per heavy atom. The second kappa shape index (κ2) is 12.2. The van der Waals surface area contributed by atoms with Gasteiger partial charge in [-0.05, 0) is 99.8 Å². The molecule has 3 aromatic heterocycles. The predicted molar refractivity (Wildman–Crippen MR) is 242 cm³/mol. The average molecular weight is 753 g/mol. The van der Waals surface area contributed by atoms with Crippen molar-refractivity contribution in [2.75, 3.05) is 0 Å². The van der Waals surface area contributed by atoms with E-state index in [-0.39, 0.29) is 0 Å². The highest BCUT2D eigenvalue weighted by atomic mass is 16.5. The maximum Gasteiger partial charge on any atom is 0.235 e. The number of aromatic nitrogens is 4. The van der Waals surface area contributed by atoms with Gasteiger partial charge in [-0.2, -0.15) is 0 Å². The van der Waals surface area contributed by atoms with Crippen molar-refractivity contribution < 1.29 is 4.74 Å². The van der Waals surface area contributed by atoms with Crippen LogP contribution in [0.25, 0.3) is 110 Å². The largest absolute Gasteiger partial charge is 0.456 e. The van der Waals surface area contributed by atoms with Gasteiger partial charge < -0.3 is 9.30 Å². The number of benzene rings is 9. The van der Waals surface area contributed by atoms with Crippen molar-refractivity contribution in [3.05, 3.63) is 194 Å².